The minimum absolute atomic E-state index is 0.700. The van der Waals surface area contributed by atoms with E-state index in [1.54, 1.807) is 25.5 Å². The van der Waals surface area contributed by atoms with Gasteiger partial charge >= 0.3 is 0 Å². The molecule has 0 aliphatic carbocycles. The van der Waals surface area contributed by atoms with Crippen molar-refractivity contribution in [2.24, 2.45) is 4.99 Å². The van der Waals surface area contributed by atoms with Crippen molar-refractivity contribution in [3.05, 3.63) is 45.9 Å². The highest BCUT2D eigenvalue weighted by atomic mass is 32.1. The number of rotatable bonds is 9. The number of hydrogen-bond acceptors (Lipinski definition) is 5. The first-order valence-corrected chi connectivity index (χ1v) is 9.26. The van der Waals surface area contributed by atoms with Gasteiger partial charge in [-0.2, -0.15) is 0 Å². The van der Waals surface area contributed by atoms with Crippen molar-refractivity contribution in [1.82, 2.24) is 15.6 Å². The van der Waals surface area contributed by atoms with Crippen molar-refractivity contribution in [3.8, 4) is 0 Å². The van der Waals surface area contributed by atoms with Crippen molar-refractivity contribution in [2.45, 2.75) is 19.9 Å². The quantitative estimate of drug-likeness (QED) is 0.363. The van der Waals surface area contributed by atoms with Crippen LogP contribution in [0.15, 0.2) is 34.6 Å². The monoisotopic (exact) mass is 361 g/mol. The lowest BCUT2D eigenvalue weighted by Crippen LogP contribution is -2.37. The molecule has 0 atom stereocenters. The minimum Gasteiger partial charge on any atom is -0.383 e. The Kier molecular flexibility index (Phi) is 8.21. The van der Waals surface area contributed by atoms with Gasteiger partial charge in [0.2, 0.25) is 0 Å². The number of nitrogens with one attached hydrogen (secondary N) is 3. The second-order valence-electron chi connectivity index (χ2n) is 5.58. The molecule has 1 heterocycles. The molecular weight excluding hydrogens is 334 g/mol. The fraction of sp³-hybridized carbons (Fsp3) is 0.444. The number of aromatic nitrogens is 1. The maximum atomic E-state index is 5.03. The molecule has 0 radical (unpaired) electrons. The first kappa shape index (κ1) is 19.2. The first-order valence-electron chi connectivity index (χ1n) is 8.38. The molecule has 0 aliphatic heterocycles. The highest BCUT2D eigenvalue weighted by Crippen LogP contribution is 2.09. The zero-order chi connectivity index (χ0) is 17.9. The number of methoxy groups -OCH3 is 1. The fourth-order valence-corrected chi connectivity index (χ4v) is 2.92. The third-order valence-electron chi connectivity index (χ3n) is 3.61. The zero-order valence-corrected chi connectivity index (χ0v) is 15.9. The van der Waals surface area contributed by atoms with E-state index < -0.39 is 0 Å². The molecule has 0 spiro atoms. The Bertz CT molecular complexity index is 654. The van der Waals surface area contributed by atoms with Crippen molar-refractivity contribution in [3.63, 3.8) is 0 Å². The SMILES string of the molecule is CN=C(NCCc1csc(C)n1)NCc1ccc(NCCOC)cc1. The molecule has 3 N–H and O–H groups in total. The fourth-order valence-electron chi connectivity index (χ4n) is 2.28. The van der Waals surface area contributed by atoms with Crippen LogP contribution in [-0.2, 0) is 17.7 Å². The number of nitrogens with zero attached hydrogens (tertiary/aromatic N) is 2. The molecule has 0 saturated carbocycles. The van der Waals surface area contributed by atoms with Crippen molar-refractivity contribution in [2.75, 3.05) is 39.2 Å². The van der Waals surface area contributed by atoms with E-state index >= 15 is 0 Å². The summed E-state index contributed by atoms with van der Waals surface area (Å²) >= 11 is 1.69. The summed E-state index contributed by atoms with van der Waals surface area (Å²) < 4.78 is 5.03. The molecule has 1 aromatic carbocycles. The van der Waals surface area contributed by atoms with E-state index in [4.69, 9.17) is 4.74 Å². The van der Waals surface area contributed by atoms with Crippen LogP contribution in [0.5, 0.6) is 0 Å². The molecule has 0 amide bonds. The van der Waals surface area contributed by atoms with E-state index in [0.29, 0.717) is 6.61 Å². The van der Waals surface area contributed by atoms with Gasteiger partial charge in [-0.25, -0.2) is 4.98 Å². The molecule has 0 fully saturated rings. The average molecular weight is 362 g/mol. The molecule has 6 nitrogen and oxygen atoms in total. The third kappa shape index (κ3) is 7.11. The molecular formula is C18H27N5OS. The number of ether oxygens (including phenoxy) is 1. The number of hydrogen-bond donors (Lipinski definition) is 3. The lowest BCUT2D eigenvalue weighted by atomic mass is 10.2. The van der Waals surface area contributed by atoms with Gasteiger partial charge in [0.25, 0.3) is 0 Å². The Morgan fingerprint density at radius 2 is 2.00 bits per heavy atom. The topological polar surface area (TPSA) is 70.6 Å². The summed E-state index contributed by atoms with van der Waals surface area (Å²) in [5, 5.41) is 13.2. The number of benzene rings is 1. The van der Waals surface area contributed by atoms with Gasteiger partial charge in [0.05, 0.1) is 17.3 Å². The molecule has 0 aliphatic rings. The lowest BCUT2D eigenvalue weighted by Gasteiger charge is -2.12. The van der Waals surface area contributed by atoms with E-state index in [1.807, 2.05) is 6.92 Å². The predicted octanol–water partition coefficient (Wildman–Crippen LogP) is 2.42. The van der Waals surface area contributed by atoms with Crippen LogP contribution in [0.25, 0.3) is 0 Å². The highest BCUT2D eigenvalue weighted by Gasteiger charge is 2.01. The summed E-state index contributed by atoms with van der Waals surface area (Å²) in [5.41, 5.74) is 3.43. The molecule has 0 unspecified atom stereocenters. The standard InChI is InChI=1S/C18H27N5OS/c1-14-23-17(13-25-14)8-9-21-18(19-2)22-12-15-4-6-16(7-5-15)20-10-11-24-3/h4-7,13,20H,8-12H2,1-3H3,(H2,19,21,22). The number of thiazole rings is 1. The van der Waals surface area contributed by atoms with Crippen LogP contribution < -0.4 is 16.0 Å². The van der Waals surface area contributed by atoms with Crippen LogP contribution in [0.4, 0.5) is 5.69 Å². The van der Waals surface area contributed by atoms with Crippen LogP contribution in [0.2, 0.25) is 0 Å². The lowest BCUT2D eigenvalue weighted by molar-refractivity contribution is 0.211. The van der Waals surface area contributed by atoms with Gasteiger partial charge in [0.15, 0.2) is 5.96 Å². The Balaban J connectivity index is 1.70. The molecule has 2 aromatic rings. The van der Waals surface area contributed by atoms with Gasteiger partial charge in [-0.15, -0.1) is 11.3 Å². The Hall–Kier alpha value is -2.12. The van der Waals surface area contributed by atoms with E-state index in [1.165, 1.54) is 5.56 Å². The smallest absolute Gasteiger partial charge is 0.191 e. The first-order chi connectivity index (χ1) is 12.2. The van der Waals surface area contributed by atoms with Gasteiger partial charge in [-0.1, -0.05) is 12.1 Å². The van der Waals surface area contributed by atoms with Gasteiger partial charge in [-0.05, 0) is 24.6 Å². The average Bonchev–Trinajstić information content (AvgIpc) is 3.04. The number of anilines is 1. The Labute approximate surface area is 153 Å². The molecule has 136 valence electrons. The van der Waals surface area contributed by atoms with E-state index in [2.05, 4.69) is 55.6 Å². The molecule has 0 bridgehead atoms. The van der Waals surface area contributed by atoms with Crippen molar-refractivity contribution < 1.29 is 4.74 Å². The summed E-state index contributed by atoms with van der Waals surface area (Å²) in [4.78, 5) is 8.72. The van der Waals surface area contributed by atoms with Crippen molar-refractivity contribution >= 4 is 23.0 Å². The van der Waals surface area contributed by atoms with Crippen LogP contribution in [0.3, 0.4) is 0 Å². The van der Waals surface area contributed by atoms with Gasteiger partial charge in [0, 0.05) is 51.3 Å². The normalized spacial score (nSPS) is 11.4. The summed E-state index contributed by atoms with van der Waals surface area (Å²) in [6.45, 7) is 5.08. The predicted molar refractivity (Wildman–Crippen MR) is 106 cm³/mol. The van der Waals surface area contributed by atoms with Gasteiger partial charge < -0.3 is 20.7 Å². The van der Waals surface area contributed by atoms with Crippen LogP contribution in [0, 0.1) is 6.92 Å². The molecule has 7 heteroatoms. The summed E-state index contributed by atoms with van der Waals surface area (Å²) in [6.07, 6.45) is 0.896. The van der Waals surface area contributed by atoms with Crippen LogP contribution in [-0.4, -0.2) is 44.8 Å². The molecule has 25 heavy (non-hydrogen) atoms. The molecule has 1 aromatic heterocycles. The number of aryl methyl sites for hydroxylation is 1. The van der Waals surface area contributed by atoms with Crippen molar-refractivity contribution in [1.29, 1.82) is 0 Å². The third-order valence-corrected chi connectivity index (χ3v) is 4.44. The summed E-state index contributed by atoms with van der Waals surface area (Å²) in [5.74, 6) is 0.800. The maximum absolute atomic E-state index is 5.03. The van der Waals surface area contributed by atoms with Crippen LogP contribution >= 0.6 is 11.3 Å². The number of aliphatic imine (C=N–C) groups is 1. The van der Waals surface area contributed by atoms with E-state index in [9.17, 15) is 0 Å². The number of guanidine groups is 1. The highest BCUT2D eigenvalue weighted by molar-refractivity contribution is 7.09. The van der Waals surface area contributed by atoms with Crippen LogP contribution in [0.1, 0.15) is 16.3 Å². The van der Waals surface area contributed by atoms with E-state index in [-0.39, 0.29) is 0 Å². The van der Waals surface area contributed by atoms with E-state index in [0.717, 1.165) is 48.4 Å². The maximum Gasteiger partial charge on any atom is 0.191 e. The Morgan fingerprint density at radius 3 is 2.64 bits per heavy atom. The summed E-state index contributed by atoms with van der Waals surface area (Å²) in [7, 11) is 3.49. The second kappa shape index (κ2) is 10.7. The molecule has 0 saturated heterocycles. The largest absolute Gasteiger partial charge is 0.383 e. The minimum atomic E-state index is 0.700. The Morgan fingerprint density at radius 1 is 1.20 bits per heavy atom. The summed E-state index contributed by atoms with van der Waals surface area (Å²) in [6, 6.07) is 8.36. The van der Waals surface area contributed by atoms with Gasteiger partial charge in [0.1, 0.15) is 0 Å². The zero-order valence-electron chi connectivity index (χ0n) is 15.1. The molecule has 2 rings (SSSR count). The second-order valence-corrected chi connectivity index (χ2v) is 6.64. The van der Waals surface area contributed by atoms with Gasteiger partial charge in [-0.3, -0.25) is 4.99 Å².